The summed E-state index contributed by atoms with van der Waals surface area (Å²) < 4.78 is 45.4. The van der Waals surface area contributed by atoms with E-state index in [0.717, 1.165) is 12.1 Å². The molecule has 0 aliphatic carbocycles. The topological polar surface area (TPSA) is 108 Å². The number of anilines is 2. The predicted molar refractivity (Wildman–Crippen MR) is 109 cm³/mol. The quantitative estimate of drug-likeness (QED) is 0.602. The van der Waals surface area contributed by atoms with Gasteiger partial charge in [-0.05, 0) is 66.7 Å². The van der Waals surface area contributed by atoms with E-state index in [0.29, 0.717) is 17.0 Å². The molecule has 0 aliphatic heterocycles. The summed E-state index contributed by atoms with van der Waals surface area (Å²) in [6.45, 7) is -0.295. The summed E-state index contributed by atoms with van der Waals surface area (Å²) in [5, 5.41) is 11.5. The number of hydrogen-bond acceptors (Lipinski definition) is 5. The average Bonchev–Trinajstić information content (AvgIpc) is 2.74. The van der Waals surface area contributed by atoms with Crippen molar-refractivity contribution >= 4 is 27.3 Å². The zero-order valence-corrected chi connectivity index (χ0v) is 16.3. The van der Waals surface area contributed by atoms with Gasteiger partial charge >= 0.3 is 0 Å². The highest BCUT2D eigenvalue weighted by atomic mass is 32.2. The van der Waals surface area contributed by atoms with Gasteiger partial charge in [-0.1, -0.05) is 6.07 Å². The second-order valence-corrected chi connectivity index (χ2v) is 7.80. The van der Waals surface area contributed by atoms with Gasteiger partial charge in [0, 0.05) is 11.4 Å². The van der Waals surface area contributed by atoms with Crippen LogP contribution < -0.4 is 14.8 Å². The maximum absolute atomic E-state index is 12.9. The third-order valence-electron chi connectivity index (χ3n) is 3.88. The van der Waals surface area contributed by atoms with Gasteiger partial charge in [-0.15, -0.1) is 0 Å². The minimum atomic E-state index is -3.86. The summed E-state index contributed by atoms with van der Waals surface area (Å²) >= 11 is 0. The lowest BCUT2D eigenvalue weighted by atomic mass is 10.2. The molecular formula is C21H16FN3O4S. The maximum atomic E-state index is 12.9. The van der Waals surface area contributed by atoms with Gasteiger partial charge in [0.05, 0.1) is 16.5 Å². The monoisotopic (exact) mass is 425 g/mol. The number of benzene rings is 3. The maximum Gasteiger partial charge on any atom is 0.262 e. The standard InChI is InChI=1S/C21H16FN3O4S/c22-16-4-6-17(7-5-16)25-30(27,28)20-10-8-19(9-11-20)29-14-21(26)24-18-3-1-2-15(12-18)13-23/h1-12,25H,14H2,(H,24,26). The van der Waals surface area contributed by atoms with Gasteiger partial charge < -0.3 is 10.1 Å². The Labute approximate surface area is 172 Å². The first-order valence-corrected chi connectivity index (χ1v) is 10.2. The molecule has 0 aliphatic rings. The van der Waals surface area contributed by atoms with Crippen molar-refractivity contribution in [1.29, 1.82) is 5.26 Å². The van der Waals surface area contributed by atoms with Crippen LogP contribution in [-0.4, -0.2) is 20.9 Å². The van der Waals surface area contributed by atoms with Crippen LogP contribution in [0.15, 0.2) is 77.7 Å². The van der Waals surface area contributed by atoms with E-state index in [1.807, 2.05) is 6.07 Å². The Morgan fingerprint density at radius 3 is 2.37 bits per heavy atom. The van der Waals surface area contributed by atoms with Gasteiger partial charge in [0.15, 0.2) is 6.61 Å². The first-order valence-electron chi connectivity index (χ1n) is 8.67. The molecule has 0 fully saturated rings. The zero-order chi connectivity index (χ0) is 21.6. The highest BCUT2D eigenvalue weighted by Crippen LogP contribution is 2.19. The minimum absolute atomic E-state index is 0.0167. The fraction of sp³-hybridized carbons (Fsp3) is 0.0476. The number of sulfonamides is 1. The fourth-order valence-corrected chi connectivity index (χ4v) is 3.52. The Morgan fingerprint density at radius 1 is 1.00 bits per heavy atom. The minimum Gasteiger partial charge on any atom is -0.484 e. The van der Waals surface area contributed by atoms with E-state index in [9.17, 15) is 17.6 Å². The molecule has 0 saturated carbocycles. The summed E-state index contributed by atoms with van der Waals surface area (Å²) in [6.07, 6.45) is 0. The van der Waals surface area contributed by atoms with Crippen molar-refractivity contribution in [2.24, 2.45) is 0 Å². The summed E-state index contributed by atoms with van der Waals surface area (Å²) in [7, 11) is -3.86. The number of carbonyl (C=O) groups is 1. The number of nitrogens with one attached hydrogen (secondary N) is 2. The summed E-state index contributed by atoms with van der Waals surface area (Å²) in [5.41, 5.74) is 1.12. The van der Waals surface area contributed by atoms with Crippen molar-refractivity contribution < 1.29 is 22.3 Å². The van der Waals surface area contributed by atoms with Crippen LogP contribution in [0, 0.1) is 17.1 Å². The molecule has 7 nitrogen and oxygen atoms in total. The highest BCUT2D eigenvalue weighted by Gasteiger charge is 2.14. The van der Waals surface area contributed by atoms with Crippen LogP contribution >= 0.6 is 0 Å². The lowest BCUT2D eigenvalue weighted by Gasteiger charge is -2.10. The second-order valence-electron chi connectivity index (χ2n) is 6.11. The van der Waals surface area contributed by atoms with Crippen molar-refractivity contribution in [3.8, 4) is 11.8 Å². The number of ether oxygens (including phenoxy) is 1. The normalized spacial score (nSPS) is 10.7. The van der Waals surface area contributed by atoms with Crippen LogP contribution in [0.5, 0.6) is 5.75 Å². The summed E-state index contributed by atoms with van der Waals surface area (Å²) in [6, 6.07) is 18.8. The number of amides is 1. The molecule has 3 aromatic carbocycles. The smallest absolute Gasteiger partial charge is 0.262 e. The number of carbonyl (C=O) groups excluding carboxylic acids is 1. The van der Waals surface area contributed by atoms with Gasteiger partial charge in [-0.25, -0.2) is 12.8 Å². The van der Waals surface area contributed by atoms with E-state index < -0.39 is 21.7 Å². The highest BCUT2D eigenvalue weighted by molar-refractivity contribution is 7.92. The van der Waals surface area contributed by atoms with E-state index in [-0.39, 0.29) is 17.2 Å². The molecule has 0 saturated heterocycles. The van der Waals surface area contributed by atoms with Crippen molar-refractivity contribution in [3.05, 3.63) is 84.2 Å². The Balaban J connectivity index is 1.58. The van der Waals surface area contributed by atoms with E-state index in [4.69, 9.17) is 10.00 Å². The molecule has 1 amide bonds. The molecule has 3 aromatic rings. The first-order chi connectivity index (χ1) is 14.4. The van der Waals surface area contributed by atoms with Crippen LogP contribution in [0.3, 0.4) is 0 Å². The number of rotatable bonds is 7. The molecule has 30 heavy (non-hydrogen) atoms. The fourth-order valence-electron chi connectivity index (χ4n) is 2.46. The molecular weight excluding hydrogens is 409 g/mol. The second kappa shape index (κ2) is 9.07. The van der Waals surface area contributed by atoms with E-state index in [1.54, 1.807) is 18.2 Å². The first kappa shape index (κ1) is 20.8. The Hall–Kier alpha value is -3.90. The molecule has 0 radical (unpaired) electrons. The molecule has 0 aromatic heterocycles. The number of nitrogens with zero attached hydrogens (tertiary/aromatic N) is 1. The summed E-state index contributed by atoms with van der Waals surface area (Å²) in [4.78, 5) is 12.0. The van der Waals surface area contributed by atoms with Crippen LogP contribution in [0.4, 0.5) is 15.8 Å². The number of hydrogen-bond donors (Lipinski definition) is 2. The molecule has 0 bridgehead atoms. The lowest BCUT2D eigenvalue weighted by Crippen LogP contribution is -2.20. The Kier molecular flexibility index (Phi) is 6.29. The van der Waals surface area contributed by atoms with Gasteiger partial charge in [0.2, 0.25) is 0 Å². The van der Waals surface area contributed by atoms with Gasteiger partial charge in [0.1, 0.15) is 11.6 Å². The van der Waals surface area contributed by atoms with Gasteiger partial charge in [-0.2, -0.15) is 5.26 Å². The molecule has 0 atom stereocenters. The average molecular weight is 425 g/mol. The number of nitriles is 1. The van der Waals surface area contributed by atoms with Gasteiger partial charge in [-0.3, -0.25) is 9.52 Å². The van der Waals surface area contributed by atoms with E-state index in [2.05, 4.69) is 10.0 Å². The molecule has 9 heteroatoms. The van der Waals surface area contributed by atoms with Crippen LogP contribution in [-0.2, 0) is 14.8 Å². The molecule has 0 spiro atoms. The van der Waals surface area contributed by atoms with Crippen molar-refractivity contribution in [1.82, 2.24) is 0 Å². The van der Waals surface area contributed by atoms with Crippen LogP contribution in [0.1, 0.15) is 5.56 Å². The Morgan fingerprint density at radius 2 is 1.70 bits per heavy atom. The molecule has 0 unspecified atom stereocenters. The van der Waals surface area contributed by atoms with Crippen LogP contribution in [0.2, 0.25) is 0 Å². The predicted octanol–water partition coefficient (Wildman–Crippen LogP) is 3.52. The lowest BCUT2D eigenvalue weighted by molar-refractivity contribution is -0.118. The summed E-state index contributed by atoms with van der Waals surface area (Å²) in [5.74, 6) is -0.599. The molecule has 0 heterocycles. The van der Waals surface area contributed by atoms with Crippen molar-refractivity contribution in [3.63, 3.8) is 0 Å². The van der Waals surface area contributed by atoms with Gasteiger partial charge in [0.25, 0.3) is 15.9 Å². The van der Waals surface area contributed by atoms with Crippen LogP contribution in [0.25, 0.3) is 0 Å². The molecule has 2 N–H and O–H groups in total. The van der Waals surface area contributed by atoms with Crippen molar-refractivity contribution in [2.75, 3.05) is 16.6 Å². The molecule has 3 rings (SSSR count). The number of halogens is 1. The van der Waals surface area contributed by atoms with E-state index >= 15 is 0 Å². The molecule has 152 valence electrons. The Bertz CT molecular complexity index is 1190. The van der Waals surface area contributed by atoms with Crippen molar-refractivity contribution in [2.45, 2.75) is 4.90 Å². The largest absolute Gasteiger partial charge is 0.484 e. The van der Waals surface area contributed by atoms with E-state index in [1.165, 1.54) is 42.5 Å². The third kappa shape index (κ3) is 5.56. The third-order valence-corrected chi connectivity index (χ3v) is 5.27. The SMILES string of the molecule is N#Cc1cccc(NC(=O)COc2ccc(S(=O)(=O)Nc3ccc(F)cc3)cc2)c1. The zero-order valence-electron chi connectivity index (χ0n) is 15.5.